The van der Waals surface area contributed by atoms with E-state index in [9.17, 15) is 13.2 Å². The number of fused-ring (bicyclic) bond motifs is 2. The van der Waals surface area contributed by atoms with Crippen molar-refractivity contribution < 1.29 is 13.2 Å². The molecule has 6 heteroatoms. The second-order valence-corrected chi connectivity index (χ2v) is 5.56. The molecule has 0 saturated heterocycles. The van der Waals surface area contributed by atoms with Crippen molar-refractivity contribution in [2.75, 3.05) is 0 Å². The third-order valence-corrected chi connectivity index (χ3v) is 3.90. The van der Waals surface area contributed by atoms with Gasteiger partial charge in [0.2, 0.25) is 0 Å². The molecule has 4 rings (SSSR count). The number of rotatable bonds is 2. The minimum Gasteiger partial charge on any atom is -0.353 e. The summed E-state index contributed by atoms with van der Waals surface area (Å²) in [4.78, 5) is 11.8. The van der Waals surface area contributed by atoms with E-state index in [2.05, 4.69) is 15.0 Å². The number of benzene rings is 2. The lowest BCUT2D eigenvalue weighted by atomic mass is 10.1. The number of aromatic nitrogens is 3. The SMILES string of the molecule is FC(F)(F)Cc1c(-c2cnc3ccccc3n2)[nH]c2ccccc12. The largest absolute Gasteiger partial charge is 0.393 e. The van der Waals surface area contributed by atoms with Crippen LogP contribution in [0.5, 0.6) is 0 Å². The number of halogens is 3. The van der Waals surface area contributed by atoms with Crippen molar-refractivity contribution in [3.63, 3.8) is 0 Å². The minimum absolute atomic E-state index is 0.197. The van der Waals surface area contributed by atoms with Crippen molar-refractivity contribution in [1.82, 2.24) is 15.0 Å². The molecule has 3 nitrogen and oxygen atoms in total. The topological polar surface area (TPSA) is 41.6 Å². The van der Waals surface area contributed by atoms with Gasteiger partial charge in [0.25, 0.3) is 0 Å². The first-order chi connectivity index (χ1) is 11.5. The predicted octanol–water partition coefficient (Wildman–Crippen LogP) is 4.88. The Morgan fingerprint density at radius 1 is 0.917 bits per heavy atom. The molecule has 0 aliphatic rings. The third kappa shape index (κ3) is 2.60. The number of aromatic amines is 1. The second kappa shape index (κ2) is 5.33. The molecule has 120 valence electrons. The maximum atomic E-state index is 13.0. The Hall–Kier alpha value is -2.89. The Morgan fingerprint density at radius 3 is 2.42 bits per heavy atom. The fourth-order valence-electron chi connectivity index (χ4n) is 2.88. The van der Waals surface area contributed by atoms with Gasteiger partial charge in [0.1, 0.15) is 5.69 Å². The Kier molecular flexibility index (Phi) is 3.26. The summed E-state index contributed by atoms with van der Waals surface area (Å²) in [6.45, 7) is 0. The van der Waals surface area contributed by atoms with E-state index in [4.69, 9.17) is 0 Å². The van der Waals surface area contributed by atoms with Crippen molar-refractivity contribution in [3.8, 4) is 11.4 Å². The fourth-order valence-corrected chi connectivity index (χ4v) is 2.88. The minimum atomic E-state index is -4.30. The van der Waals surface area contributed by atoms with Gasteiger partial charge in [-0.2, -0.15) is 13.2 Å². The van der Waals surface area contributed by atoms with Crippen LogP contribution in [-0.2, 0) is 6.42 Å². The van der Waals surface area contributed by atoms with Crippen molar-refractivity contribution in [2.24, 2.45) is 0 Å². The summed E-state index contributed by atoms with van der Waals surface area (Å²) in [5, 5.41) is 0.555. The quantitative estimate of drug-likeness (QED) is 0.570. The smallest absolute Gasteiger partial charge is 0.353 e. The number of para-hydroxylation sites is 3. The molecule has 0 atom stereocenters. The highest BCUT2D eigenvalue weighted by molar-refractivity contribution is 5.90. The Morgan fingerprint density at radius 2 is 1.62 bits per heavy atom. The number of nitrogens with one attached hydrogen (secondary N) is 1. The summed E-state index contributed by atoms with van der Waals surface area (Å²) in [6.07, 6.45) is -3.81. The highest BCUT2D eigenvalue weighted by Crippen LogP contribution is 2.34. The number of H-pyrrole nitrogens is 1. The summed E-state index contributed by atoms with van der Waals surface area (Å²) >= 11 is 0. The van der Waals surface area contributed by atoms with Gasteiger partial charge in [-0.05, 0) is 23.8 Å². The third-order valence-electron chi connectivity index (χ3n) is 3.90. The lowest BCUT2D eigenvalue weighted by Crippen LogP contribution is -2.12. The van der Waals surface area contributed by atoms with Crippen LogP contribution in [0.3, 0.4) is 0 Å². The molecule has 0 aliphatic carbocycles. The van der Waals surface area contributed by atoms with Gasteiger partial charge in [-0.25, -0.2) is 4.98 Å². The lowest BCUT2D eigenvalue weighted by molar-refractivity contribution is -0.126. The highest BCUT2D eigenvalue weighted by atomic mass is 19.4. The van der Waals surface area contributed by atoms with Gasteiger partial charge in [-0.1, -0.05) is 30.3 Å². The summed E-state index contributed by atoms with van der Waals surface area (Å²) < 4.78 is 39.1. The second-order valence-electron chi connectivity index (χ2n) is 5.56. The van der Waals surface area contributed by atoms with E-state index < -0.39 is 12.6 Å². The Bertz CT molecular complexity index is 1030. The molecule has 0 bridgehead atoms. The van der Waals surface area contributed by atoms with E-state index >= 15 is 0 Å². The van der Waals surface area contributed by atoms with Crippen LogP contribution in [0, 0.1) is 0 Å². The first kappa shape index (κ1) is 14.7. The van der Waals surface area contributed by atoms with Crippen molar-refractivity contribution in [2.45, 2.75) is 12.6 Å². The van der Waals surface area contributed by atoms with Gasteiger partial charge < -0.3 is 4.98 Å². The van der Waals surface area contributed by atoms with Crippen molar-refractivity contribution in [3.05, 3.63) is 60.3 Å². The molecule has 0 radical (unpaired) electrons. The molecule has 0 aliphatic heterocycles. The average Bonchev–Trinajstić information content (AvgIpc) is 2.91. The van der Waals surface area contributed by atoms with E-state index in [0.29, 0.717) is 33.3 Å². The maximum Gasteiger partial charge on any atom is 0.393 e. The molecule has 1 N–H and O–H groups in total. The molecule has 2 aromatic carbocycles. The lowest BCUT2D eigenvalue weighted by Gasteiger charge is -2.08. The Balaban J connectivity index is 1.95. The van der Waals surface area contributed by atoms with Crippen LogP contribution in [0.1, 0.15) is 5.56 Å². The van der Waals surface area contributed by atoms with Crippen LogP contribution in [0.4, 0.5) is 13.2 Å². The number of nitrogens with zero attached hydrogens (tertiary/aromatic N) is 2. The fraction of sp³-hybridized carbons (Fsp3) is 0.111. The molecule has 0 fully saturated rings. The van der Waals surface area contributed by atoms with Gasteiger partial charge in [-0.3, -0.25) is 4.98 Å². The van der Waals surface area contributed by atoms with Crippen LogP contribution in [0.2, 0.25) is 0 Å². The molecule has 0 amide bonds. The standard InChI is InChI=1S/C18H12F3N3/c19-18(20,21)9-12-11-5-1-2-6-13(11)24-17(12)16-10-22-14-7-3-4-8-15(14)23-16/h1-8,10,24H,9H2. The molecule has 0 saturated carbocycles. The van der Waals surface area contributed by atoms with Gasteiger partial charge in [0.05, 0.1) is 29.3 Å². The molecule has 2 aromatic heterocycles. The van der Waals surface area contributed by atoms with E-state index in [-0.39, 0.29) is 5.56 Å². The van der Waals surface area contributed by atoms with Gasteiger partial charge in [0, 0.05) is 10.9 Å². The highest BCUT2D eigenvalue weighted by Gasteiger charge is 2.31. The summed E-state index contributed by atoms with van der Waals surface area (Å²) in [5.74, 6) is 0. The van der Waals surface area contributed by atoms with Crippen molar-refractivity contribution in [1.29, 1.82) is 0 Å². The molecule has 24 heavy (non-hydrogen) atoms. The van der Waals surface area contributed by atoms with Crippen LogP contribution in [0.15, 0.2) is 54.7 Å². The van der Waals surface area contributed by atoms with E-state index in [1.165, 1.54) is 6.20 Å². The van der Waals surface area contributed by atoms with Crippen LogP contribution >= 0.6 is 0 Å². The van der Waals surface area contributed by atoms with Crippen LogP contribution < -0.4 is 0 Å². The molecule has 2 heterocycles. The van der Waals surface area contributed by atoms with Crippen molar-refractivity contribution >= 4 is 21.9 Å². The molecule has 0 spiro atoms. The zero-order chi connectivity index (χ0) is 16.7. The first-order valence-electron chi connectivity index (χ1n) is 7.40. The molecule has 0 unspecified atom stereocenters. The number of hydrogen-bond donors (Lipinski definition) is 1. The normalized spacial score (nSPS) is 12.1. The van der Waals surface area contributed by atoms with Crippen LogP contribution in [-0.4, -0.2) is 21.1 Å². The average molecular weight is 327 g/mol. The molecular formula is C18H12F3N3. The van der Waals surface area contributed by atoms with Gasteiger partial charge in [-0.15, -0.1) is 0 Å². The summed E-state index contributed by atoms with van der Waals surface area (Å²) in [6, 6.07) is 14.2. The molecule has 4 aromatic rings. The number of hydrogen-bond acceptors (Lipinski definition) is 2. The zero-order valence-corrected chi connectivity index (χ0v) is 12.4. The van der Waals surface area contributed by atoms with E-state index in [1.807, 2.05) is 18.2 Å². The predicted molar refractivity (Wildman–Crippen MR) is 86.6 cm³/mol. The maximum absolute atomic E-state index is 13.0. The number of alkyl halides is 3. The molecular weight excluding hydrogens is 315 g/mol. The zero-order valence-electron chi connectivity index (χ0n) is 12.4. The monoisotopic (exact) mass is 327 g/mol. The summed E-state index contributed by atoms with van der Waals surface area (Å²) in [7, 11) is 0. The first-order valence-corrected chi connectivity index (χ1v) is 7.40. The van der Waals surface area contributed by atoms with E-state index in [0.717, 1.165) is 0 Å². The summed E-state index contributed by atoms with van der Waals surface area (Å²) in [5.41, 5.74) is 2.97. The Labute approximate surface area is 135 Å². The van der Waals surface area contributed by atoms with Crippen LogP contribution in [0.25, 0.3) is 33.3 Å². The van der Waals surface area contributed by atoms with Gasteiger partial charge >= 0.3 is 6.18 Å². The van der Waals surface area contributed by atoms with E-state index in [1.54, 1.807) is 30.3 Å². The van der Waals surface area contributed by atoms with Gasteiger partial charge in [0.15, 0.2) is 0 Å².